The van der Waals surface area contributed by atoms with Gasteiger partial charge in [-0.2, -0.15) is 0 Å². The minimum Gasteiger partial charge on any atom is -0.448 e. The Balaban J connectivity index is 1.20. The summed E-state index contributed by atoms with van der Waals surface area (Å²) in [5, 5.41) is 24.0. The number of ether oxygens (including phenoxy) is 1. The topological polar surface area (TPSA) is 104 Å². The number of hydrogen-bond donors (Lipinski definition) is 2. The molecule has 1 saturated heterocycles. The van der Waals surface area contributed by atoms with Crippen molar-refractivity contribution in [3.63, 3.8) is 0 Å². The molecule has 2 N–H and O–H groups in total. The number of halogens is 2. The second-order valence-electron chi connectivity index (χ2n) is 18.7. The van der Waals surface area contributed by atoms with E-state index in [4.69, 9.17) is 4.74 Å². The van der Waals surface area contributed by atoms with Gasteiger partial charge >= 0.3 is 5.97 Å². The van der Waals surface area contributed by atoms with Gasteiger partial charge in [-0.3, -0.25) is 14.4 Å². The Kier molecular flexibility index (Phi) is 7.31. The number of amides is 1. The van der Waals surface area contributed by atoms with Crippen molar-refractivity contribution >= 4 is 17.7 Å². The minimum absolute atomic E-state index is 0.0271. The lowest BCUT2D eigenvalue weighted by Crippen LogP contribution is -2.68. The van der Waals surface area contributed by atoms with Gasteiger partial charge in [-0.1, -0.05) is 52.8 Å². The number of carbonyl (C=O) groups is 3. The normalized spacial score (nSPS) is 45.5. The van der Waals surface area contributed by atoms with Crippen molar-refractivity contribution in [2.24, 2.45) is 44.3 Å². The molecule has 1 amide bonds. The van der Waals surface area contributed by atoms with Gasteiger partial charge in [0.05, 0.1) is 23.7 Å². The summed E-state index contributed by atoms with van der Waals surface area (Å²) >= 11 is 0. The zero-order valence-corrected chi connectivity index (χ0v) is 30.9. The summed E-state index contributed by atoms with van der Waals surface area (Å²) in [7, 11) is 0. The monoisotopic (exact) mass is 705 g/mol. The highest BCUT2D eigenvalue weighted by atomic mass is 19.2. The number of aliphatic hydroxyl groups excluding tert-OH is 1. The third-order valence-electron chi connectivity index (χ3n) is 16.8. The van der Waals surface area contributed by atoms with Gasteiger partial charge < -0.3 is 19.8 Å². The summed E-state index contributed by atoms with van der Waals surface area (Å²) in [5.74, 6) is -3.17. The number of allylic oxidation sites excluding steroid dienone is 4. The summed E-state index contributed by atoms with van der Waals surface area (Å²) in [6.45, 7) is 12.7. The van der Waals surface area contributed by atoms with Crippen molar-refractivity contribution in [1.82, 2.24) is 4.90 Å². The van der Waals surface area contributed by atoms with Gasteiger partial charge in [0.15, 0.2) is 23.0 Å². The summed E-state index contributed by atoms with van der Waals surface area (Å²) < 4.78 is 34.7. The fraction of sp³-hybridized carbons (Fsp3) is 0.690. The fourth-order valence-electron chi connectivity index (χ4n) is 13.2. The van der Waals surface area contributed by atoms with Crippen molar-refractivity contribution in [2.75, 3.05) is 13.1 Å². The van der Waals surface area contributed by atoms with Gasteiger partial charge in [-0.25, -0.2) is 8.78 Å². The Bertz CT molecular complexity index is 1810. The zero-order valence-electron chi connectivity index (χ0n) is 30.9. The second kappa shape index (κ2) is 10.6. The number of hydrogen-bond acceptors (Lipinski definition) is 6. The Hall–Kier alpha value is -2.91. The molecular weight excluding hydrogens is 652 g/mol. The van der Waals surface area contributed by atoms with Gasteiger partial charge in [-0.15, -0.1) is 0 Å². The SMILES string of the molecule is CCCN(C[C@]1(O)CC[C@H]2[C@]34C=C[C@@]5(C=C3C(=O)c3ccc(F)c(F)c3)CC(O)CC[C@]5(C)[C@H]4CC[C@@]21C)C(=O)[C@@]12CC[C@@](C)(C(=O)O1)C2(C)C. The number of rotatable bonds is 7. The molecule has 1 unspecified atom stereocenters. The van der Waals surface area contributed by atoms with Gasteiger partial charge in [-0.05, 0) is 107 Å². The Morgan fingerprint density at radius 2 is 1.61 bits per heavy atom. The van der Waals surface area contributed by atoms with E-state index in [2.05, 4.69) is 32.1 Å². The van der Waals surface area contributed by atoms with Crippen molar-refractivity contribution in [2.45, 2.75) is 123 Å². The van der Waals surface area contributed by atoms with Crippen LogP contribution in [0.3, 0.4) is 0 Å². The summed E-state index contributed by atoms with van der Waals surface area (Å²) in [6, 6.07) is 3.32. The minimum atomic E-state index is -1.30. The highest BCUT2D eigenvalue weighted by Crippen LogP contribution is 2.78. The number of Topliss-reactive ketones (excluding diaryl/α,β-unsaturated/α-hetero) is 1. The Morgan fingerprint density at radius 1 is 0.922 bits per heavy atom. The molecule has 1 aromatic carbocycles. The highest BCUT2D eigenvalue weighted by molar-refractivity contribution is 6.10. The fourth-order valence-corrected chi connectivity index (χ4v) is 13.2. The van der Waals surface area contributed by atoms with Gasteiger partial charge in [0, 0.05) is 39.3 Å². The van der Waals surface area contributed by atoms with Crippen molar-refractivity contribution in [1.29, 1.82) is 0 Å². The third kappa shape index (κ3) is 3.98. The van der Waals surface area contributed by atoms with E-state index in [1.807, 2.05) is 27.7 Å². The molecule has 10 atom stereocenters. The predicted octanol–water partition coefficient (Wildman–Crippen LogP) is 7.10. The predicted molar refractivity (Wildman–Crippen MR) is 186 cm³/mol. The first-order chi connectivity index (χ1) is 23.8. The number of ketones is 1. The van der Waals surface area contributed by atoms with E-state index in [-0.39, 0.29) is 47.0 Å². The number of benzene rings is 1. The molecule has 5 fully saturated rings. The van der Waals surface area contributed by atoms with E-state index < -0.39 is 56.0 Å². The average Bonchev–Trinajstić information content (AvgIpc) is 3.53. The van der Waals surface area contributed by atoms with Crippen LogP contribution in [0.25, 0.3) is 0 Å². The van der Waals surface area contributed by atoms with E-state index in [9.17, 15) is 33.4 Å². The van der Waals surface area contributed by atoms with Crippen molar-refractivity contribution in [3.05, 3.63) is 59.2 Å². The second-order valence-corrected chi connectivity index (χ2v) is 18.7. The van der Waals surface area contributed by atoms with Gasteiger partial charge in [0.2, 0.25) is 0 Å². The Labute approximate surface area is 299 Å². The van der Waals surface area contributed by atoms with Crippen LogP contribution in [0, 0.1) is 56.0 Å². The van der Waals surface area contributed by atoms with Gasteiger partial charge in [0.25, 0.3) is 5.91 Å². The molecule has 1 heterocycles. The van der Waals surface area contributed by atoms with Crippen LogP contribution < -0.4 is 0 Å². The first-order valence-electron chi connectivity index (χ1n) is 19.2. The maximum atomic E-state index is 14.7. The van der Waals surface area contributed by atoms with Crippen LogP contribution in [0.4, 0.5) is 8.78 Å². The molecule has 276 valence electrons. The quantitative estimate of drug-likeness (QED) is 0.178. The van der Waals surface area contributed by atoms with E-state index in [1.54, 1.807) is 4.90 Å². The van der Waals surface area contributed by atoms with Crippen LogP contribution in [0.1, 0.15) is 116 Å². The smallest absolute Gasteiger partial charge is 0.313 e. The number of carbonyl (C=O) groups excluding carboxylic acids is 3. The van der Waals surface area contributed by atoms with Crippen LogP contribution in [-0.4, -0.2) is 63.2 Å². The molecule has 7 aliphatic carbocycles. The van der Waals surface area contributed by atoms with E-state index in [0.29, 0.717) is 63.5 Å². The van der Waals surface area contributed by atoms with E-state index in [0.717, 1.165) is 25.0 Å². The summed E-state index contributed by atoms with van der Waals surface area (Å²) in [4.78, 5) is 44.3. The average molecular weight is 706 g/mol. The molecule has 0 radical (unpaired) electrons. The highest BCUT2D eigenvalue weighted by Gasteiger charge is 2.78. The maximum Gasteiger partial charge on any atom is 0.313 e. The number of nitrogens with zero attached hydrogens (tertiary/aromatic N) is 1. The zero-order chi connectivity index (χ0) is 36.8. The number of esters is 1. The van der Waals surface area contributed by atoms with E-state index in [1.165, 1.54) is 6.07 Å². The maximum absolute atomic E-state index is 14.7. The first-order valence-corrected chi connectivity index (χ1v) is 19.2. The number of aliphatic hydroxyl groups is 2. The Morgan fingerprint density at radius 3 is 2.25 bits per heavy atom. The molecule has 1 aromatic rings. The number of fused-ring (bicyclic) bond motifs is 3. The van der Waals surface area contributed by atoms with Crippen LogP contribution in [0.5, 0.6) is 0 Å². The van der Waals surface area contributed by atoms with Crippen LogP contribution in [-0.2, 0) is 14.3 Å². The molecule has 8 aliphatic rings. The molecule has 9 rings (SSSR count). The van der Waals surface area contributed by atoms with E-state index >= 15 is 0 Å². The molecule has 4 bridgehead atoms. The van der Waals surface area contributed by atoms with Crippen LogP contribution >= 0.6 is 0 Å². The molecule has 4 saturated carbocycles. The lowest BCUT2D eigenvalue weighted by atomic mass is 9.32. The molecule has 7 nitrogen and oxygen atoms in total. The van der Waals surface area contributed by atoms with Crippen molar-refractivity contribution < 1.29 is 38.1 Å². The summed E-state index contributed by atoms with van der Waals surface area (Å²) in [6.07, 6.45) is 12.0. The third-order valence-corrected chi connectivity index (χ3v) is 16.8. The molecule has 9 heteroatoms. The molecule has 2 spiro atoms. The molecule has 0 aromatic heterocycles. The van der Waals surface area contributed by atoms with Crippen LogP contribution in [0.15, 0.2) is 42.0 Å². The van der Waals surface area contributed by atoms with Crippen molar-refractivity contribution in [3.8, 4) is 0 Å². The largest absolute Gasteiger partial charge is 0.448 e. The molecule has 1 aliphatic heterocycles. The van der Waals surface area contributed by atoms with Gasteiger partial charge in [0.1, 0.15) is 0 Å². The van der Waals surface area contributed by atoms with Crippen LogP contribution in [0.2, 0.25) is 0 Å². The lowest BCUT2D eigenvalue weighted by Gasteiger charge is -2.71. The lowest BCUT2D eigenvalue weighted by molar-refractivity contribution is -0.187. The standard InChI is InChI=1S/C42H53F2NO6/c1-7-20-45(33(48)42-19-16-38(6,34(49)51-42)35(42,2)3)24-40(50)15-12-31-37(40,5)14-11-30-36(4)13-10-26(46)22-39(36)17-18-41(30,31)27(23-39)32(47)25-8-9-28(43)29(44)21-25/h8-9,17-18,21,23,26,30-31,46,50H,7,10-16,19-20,22,24H2,1-6H3/t26?,30-,31-,36-,37+,38+,39+,40-,41-,42-/m1/s1. The molecule has 51 heavy (non-hydrogen) atoms. The summed E-state index contributed by atoms with van der Waals surface area (Å²) in [5.41, 5.74) is -5.72. The first kappa shape index (κ1) is 35.1. The molecular formula is C42H53F2NO6.